The third kappa shape index (κ3) is 5.77. The molecule has 3 N–H and O–H groups in total. The van der Waals surface area contributed by atoms with Crippen LogP contribution in [0.25, 0.3) is 22.4 Å². The number of oxazole rings is 1. The third-order valence-corrected chi connectivity index (χ3v) is 9.16. The van der Waals surface area contributed by atoms with E-state index in [0.29, 0.717) is 34.4 Å². The van der Waals surface area contributed by atoms with Crippen LogP contribution in [0.4, 0.5) is 22.0 Å². The molecule has 2 amide bonds. The molecule has 1 aliphatic heterocycles. The van der Waals surface area contributed by atoms with Gasteiger partial charge in [-0.05, 0) is 49.6 Å². The number of rotatable bonds is 9. The lowest BCUT2D eigenvalue weighted by molar-refractivity contribution is -0.140. The molecule has 1 fully saturated rings. The molecule has 1 saturated carbocycles. The number of carbonyl (C=O) groups excluding carboxylic acids is 2. The largest absolute Gasteiger partial charge is 0.494 e. The fourth-order valence-electron chi connectivity index (χ4n) is 6.10. The van der Waals surface area contributed by atoms with Crippen molar-refractivity contribution in [1.29, 1.82) is 0 Å². The first-order valence-electron chi connectivity index (χ1n) is 15.6. The average Bonchev–Trinajstić information content (AvgIpc) is 3.75. The van der Waals surface area contributed by atoms with Gasteiger partial charge in [0.05, 0.1) is 18.4 Å². The van der Waals surface area contributed by atoms with E-state index in [-0.39, 0.29) is 53.4 Å². The van der Waals surface area contributed by atoms with Crippen molar-refractivity contribution in [2.75, 3.05) is 20.3 Å². The van der Waals surface area contributed by atoms with Crippen LogP contribution in [0, 0.1) is 11.6 Å². The second kappa shape index (κ2) is 12.1. The number of amides is 2. The van der Waals surface area contributed by atoms with Crippen LogP contribution < -0.4 is 20.5 Å². The standard InChI is InChI=1S/C36H29F5N4O5/c1-35(34(42)47)16-49-31-23(35)13-26(44-29(31)20-12-22(36(39,40)41)25(38)14-24(20)37)21(17-6-4-3-5-7-17)15-43-32(46)19-10-27(48-2)30-28(11-19)50-33(45-30)18-8-9-18/h3-7,10-14,18,21H,8-9,15-16H2,1-2H3,(H2,42,47)(H,43,46)/t21-,35-/m0/s1. The zero-order valence-electron chi connectivity index (χ0n) is 26.7. The Hall–Kier alpha value is -5.53. The summed E-state index contributed by atoms with van der Waals surface area (Å²) in [6.07, 6.45) is -3.22. The van der Waals surface area contributed by atoms with Gasteiger partial charge < -0.3 is 24.9 Å². The fourth-order valence-corrected chi connectivity index (χ4v) is 6.10. The zero-order valence-corrected chi connectivity index (χ0v) is 26.7. The Kier molecular flexibility index (Phi) is 7.99. The van der Waals surface area contributed by atoms with E-state index in [1.165, 1.54) is 26.2 Å². The summed E-state index contributed by atoms with van der Waals surface area (Å²) in [5.41, 5.74) is 3.51. The minimum Gasteiger partial charge on any atom is -0.494 e. The molecule has 0 unspecified atom stereocenters. The number of nitrogens with one attached hydrogen (secondary N) is 1. The third-order valence-electron chi connectivity index (χ3n) is 9.16. The highest BCUT2D eigenvalue weighted by atomic mass is 19.4. The van der Waals surface area contributed by atoms with Gasteiger partial charge in [-0.1, -0.05) is 30.3 Å². The van der Waals surface area contributed by atoms with Gasteiger partial charge in [0.15, 0.2) is 17.0 Å². The number of ether oxygens (including phenoxy) is 2. The molecule has 0 spiro atoms. The summed E-state index contributed by atoms with van der Waals surface area (Å²) in [6.45, 7) is 1.08. The molecule has 14 heteroatoms. The Morgan fingerprint density at radius 3 is 2.46 bits per heavy atom. The fraction of sp³-hybridized carbons (Fsp3) is 0.278. The number of nitrogens with zero attached hydrogens (tertiary/aromatic N) is 2. The number of benzene rings is 3. The van der Waals surface area contributed by atoms with Crippen LogP contribution in [-0.4, -0.2) is 42.0 Å². The van der Waals surface area contributed by atoms with Gasteiger partial charge in [0.25, 0.3) is 5.91 Å². The van der Waals surface area contributed by atoms with E-state index in [1.807, 2.05) is 0 Å². The van der Waals surface area contributed by atoms with Gasteiger partial charge in [0.2, 0.25) is 5.91 Å². The van der Waals surface area contributed by atoms with E-state index in [2.05, 4.69) is 15.3 Å². The first-order valence-corrected chi connectivity index (χ1v) is 15.6. The Bertz CT molecular complexity index is 2170. The molecule has 2 aliphatic rings. The van der Waals surface area contributed by atoms with E-state index >= 15 is 4.39 Å². The maximum absolute atomic E-state index is 15.4. The van der Waals surface area contributed by atoms with Crippen LogP contribution in [-0.2, 0) is 16.4 Å². The highest BCUT2D eigenvalue weighted by Gasteiger charge is 2.45. The number of carbonyl (C=O) groups is 2. The maximum atomic E-state index is 15.4. The van der Waals surface area contributed by atoms with E-state index in [9.17, 15) is 27.2 Å². The van der Waals surface area contributed by atoms with Gasteiger partial charge >= 0.3 is 6.18 Å². The molecule has 3 aromatic carbocycles. The van der Waals surface area contributed by atoms with Crippen LogP contribution in [0.2, 0.25) is 0 Å². The first-order chi connectivity index (χ1) is 23.8. The molecule has 0 saturated heterocycles. The number of hydrogen-bond donors (Lipinski definition) is 2. The number of pyridine rings is 1. The quantitative estimate of drug-likeness (QED) is 0.163. The molecule has 7 rings (SSSR count). The van der Waals surface area contributed by atoms with Crippen molar-refractivity contribution in [3.8, 4) is 22.8 Å². The molecular weight excluding hydrogens is 663 g/mol. The lowest BCUT2D eigenvalue weighted by atomic mass is 9.81. The normalized spacial score (nSPS) is 17.7. The van der Waals surface area contributed by atoms with E-state index in [4.69, 9.17) is 19.6 Å². The summed E-state index contributed by atoms with van der Waals surface area (Å²) in [6, 6.07) is 13.8. The molecule has 1 aliphatic carbocycles. The minimum absolute atomic E-state index is 0.105. The van der Waals surface area contributed by atoms with E-state index in [0.717, 1.165) is 12.8 Å². The van der Waals surface area contributed by atoms with Crippen molar-refractivity contribution < 1.29 is 45.4 Å². The van der Waals surface area contributed by atoms with Gasteiger partial charge in [-0.15, -0.1) is 0 Å². The molecule has 2 atom stereocenters. The smallest absolute Gasteiger partial charge is 0.419 e. The zero-order chi connectivity index (χ0) is 35.5. The van der Waals surface area contributed by atoms with Gasteiger partial charge in [0, 0.05) is 41.1 Å². The van der Waals surface area contributed by atoms with Crippen LogP contribution in [0.5, 0.6) is 11.5 Å². The minimum atomic E-state index is -5.15. The van der Waals surface area contributed by atoms with Crippen molar-refractivity contribution in [3.63, 3.8) is 0 Å². The predicted octanol–water partition coefficient (Wildman–Crippen LogP) is 6.77. The Morgan fingerprint density at radius 2 is 1.80 bits per heavy atom. The monoisotopic (exact) mass is 692 g/mol. The summed E-state index contributed by atoms with van der Waals surface area (Å²) < 4.78 is 88.2. The summed E-state index contributed by atoms with van der Waals surface area (Å²) >= 11 is 0. The number of alkyl halides is 3. The van der Waals surface area contributed by atoms with Crippen molar-refractivity contribution >= 4 is 22.9 Å². The lowest BCUT2D eigenvalue weighted by Gasteiger charge is -2.23. The number of aromatic nitrogens is 2. The van der Waals surface area contributed by atoms with Crippen molar-refractivity contribution in [2.45, 2.75) is 43.2 Å². The second-order valence-corrected chi connectivity index (χ2v) is 12.6. The van der Waals surface area contributed by atoms with Gasteiger partial charge in [-0.25, -0.2) is 18.7 Å². The van der Waals surface area contributed by atoms with Crippen LogP contribution in [0.1, 0.15) is 70.2 Å². The van der Waals surface area contributed by atoms with Crippen LogP contribution in [0.3, 0.4) is 0 Å². The van der Waals surface area contributed by atoms with E-state index in [1.54, 1.807) is 36.4 Å². The summed E-state index contributed by atoms with van der Waals surface area (Å²) in [5, 5.41) is 2.88. The van der Waals surface area contributed by atoms with Gasteiger partial charge in [-0.3, -0.25) is 9.59 Å². The molecule has 9 nitrogen and oxygen atoms in total. The topological polar surface area (TPSA) is 130 Å². The number of halogens is 5. The lowest BCUT2D eigenvalue weighted by Crippen LogP contribution is -2.40. The summed E-state index contributed by atoms with van der Waals surface area (Å²) in [7, 11) is 1.45. The Labute approximate surface area is 281 Å². The number of nitrogens with two attached hydrogens (primary N) is 1. The molecule has 3 heterocycles. The molecule has 0 radical (unpaired) electrons. The highest BCUT2D eigenvalue weighted by Crippen LogP contribution is 2.47. The molecule has 50 heavy (non-hydrogen) atoms. The Balaban J connectivity index is 1.32. The van der Waals surface area contributed by atoms with Crippen molar-refractivity contribution in [1.82, 2.24) is 15.3 Å². The molecule has 258 valence electrons. The van der Waals surface area contributed by atoms with Crippen LogP contribution in [0.15, 0.2) is 65.1 Å². The first kappa shape index (κ1) is 33.0. The highest BCUT2D eigenvalue weighted by molar-refractivity contribution is 5.99. The average molecular weight is 693 g/mol. The Morgan fingerprint density at radius 1 is 1.06 bits per heavy atom. The van der Waals surface area contributed by atoms with E-state index < -0.39 is 52.1 Å². The molecule has 5 aromatic rings. The summed E-state index contributed by atoms with van der Waals surface area (Å²) in [5.74, 6) is -4.25. The molecule has 2 aromatic heterocycles. The summed E-state index contributed by atoms with van der Waals surface area (Å²) in [4.78, 5) is 35.4. The number of hydrogen-bond acceptors (Lipinski definition) is 7. The van der Waals surface area contributed by atoms with Crippen LogP contribution >= 0.6 is 0 Å². The second-order valence-electron chi connectivity index (χ2n) is 12.6. The van der Waals surface area contributed by atoms with Crippen molar-refractivity contribution in [3.05, 3.63) is 106 Å². The maximum Gasteiger partial charge on any atom is 0.419 e. The number of methoxy groups -OCH3 is 1. The molecule has 0 bridgehead atoms. The number of primary amides is 1. The predicted molar refractivity (Wildman–Crippen MR) is 170 cm³/mol. The number of fused-ring (bicyclic) bond motifs is 2. The van der Waals surface area contributed by atoms with Gasteiger partial charge in [0.1, 0.15) is 40.8 Å². The van der Waals surface area contributed by atoms with Crippen molar-refractivity contribution in [2.24, 2.45) is 5.73 Å². The van der Waals surface area contributed by atoms with Gasteiger partial charge in [-0.2, -0.15) is 13.2 Å². The molecular formula is C36H29F5N4O5. The SMILES string of the molecule is COc1cc(C(=O)NC[C@@H](c2ccccc2)c2cc3c(c(-c4cc(C(F)(F)F)c(F)cc4F)n2)OC[C@]3(C)C(N)=O)cc2oc(C3CC3)nc12.